The monoisotopic (exact) mass is 890 g/mol. The van der Waals surface area contributed by atoms with Crippen LogP contribution in [0.2, 0.25) is 0 Å². The lowest BCUT2D eigenvalue weighted by atomic mass is 9.97. The topological polar surface area (TPSA) is 8.17 Å². The standard InChI is InChI=1S/C68H46N2/c1-2-14-56-46-57(33-30-47(56)12-1)52-26-24-48(25-27-52)50-34-40-58(41-35-50)69(60-44-38-54(39-45-60)62-20-11-15-53-13-3-4-16-61(53)62)59-42-36-51(37-43-59)49-28-31-55(32-29-49)63-17-5-8-21-66(63)70-67-22-9-6-18-64(67)65-19-7-10-23-68(65)70/h1-46H. The van der Waals surface area contributed by atoms with Gasteiger partial charge in [-0.05, 0) is 132 Å². The second-order valence-corrected chi connectivity index (χ2v) is 18.1. The molecule has 0 fully saturated rings. The number of rotatable bonds is 9. The van der Waals surface area contributed by atoms with Crippen LogP contribution < -0.4 is 4.90 Å². The van der Waals surface area contributed by atoms with Gasteiger partial charge in [-0.25, -0.2) is 0 Å². The van der Waals surface area contributed by atoms with Crippen molar-refractivity contribution < 1.29 is 0 Å². The molecule has 0 radical (unpaired) electrons. The second kappa shape index (κ2) is 17.4. The van der Waals surface area contributed by atoms with Crippen LogP contribution in [-0.4, -0.2) is 4.57 Å². The number of hydrogen-bond donors (Lipinski definition) is 0. The molecule has 328 valence electrons. The van der Waals surface area contributed by atoms with Crippen molar-refractivity contribution in [2.24, 2.45) is 0 Å². The van der Waals surface area contributed by atoms with Gasteiger partial charge in [0.15, 0.2) is 0 Å². The summed E-state index contributed by atoms with van der Waals surface area (Å²) in [5.41, 5.74) is 18.8. The van der Waals surface area contributed by atoms with Gasteiger partial charge in [0.2, 0.25) is 0 Å². The molecule has 0 saturated carbocycles. The van der Waals surface area contributed by atoms with E-state index in [-0.39, 0.29) is 0 Å². The molecular formula is C68H46N2. The summed E-state index contributed by atoms with van der Waals surface area (Å²) >= 11 is 0. The van der Waals surface area contributed by atoms with E-state index in [0.29, 0.717) is 0 Å². The molecule has 0 saturated heterocycles. The summed E-state index contributed by atoms with van der Waals surface area (Å²) in [5, 5.41) is 7.54. The molecule has 0 bridgehead atoms. The summed E-state index contributed by atoms with van der Waals surface area (Å²) in [4.78, 5) is 2.36. The van der Waals surface area contributed by atoms with E-state index in [2.05, 4.69) is 289 Å². The summed E-state index contributed by atoms with van der Waals surface area (Å²) in [6.07, 6.45) is 0. The van der Waals surface area contributed by atoms with E-state index in [1.165, 1.54) is 105 Å². The van der Waals surface area contributed by atoms with Crippen molar-refractivity contribution in [3.63, 3.8) is 0 Å². The fourth-order valence-electron chi connectivity index (χ4n) is 10.5. The summed E-state index contributed by atoms with van der Waals surface area (Å²) in [7, 11) is 0. The Morgan fingerprint density at radius 1 is 0.229 bits per heavy atom. The average Bonchev–Trinajstić information content (AvgIpc) is 3.78. The van der Waals surface area contributed by atoms with E-state index in [0.717, 1.165) is 17.1 Å². The molecule has 13 aromatic rings. The maximum absolute atomic E-state index is 2.41. The van der Waals surface area contributed by atoms with Crippen LogP contribution >= 0.6 is 0 Å². The van der Waals surface area contributed by atoms with Gasteiger partial charge < -0.3 is 9.47 Å². The van der Waals surface area contributed by atoms with E-state index in [4.69, 9.17) is 0 Å². The number of para-hydroxylation sites is 3. The molecule has 12 aromatic carbocycles. The van der Waals surface area contributed by atoms with Gasteiger partial charge in [0.25, 0.3) is 0 Å². The lowest BCUT2D eigenvalue weighted by molar-refractivity contribution is 1.18. The number of aromatic nitrogens is 1. The Balaban J connectivity index is 0.819. The van der Waals surface area contributed by atoms with Crippen molar-refractivity contribution in [3.05, 3.63) is 279 Å². The first-order chi connectivity index (χ1) is 34.7. The predicted octanol–water partition coefficient (Wildman–Crippen LogP) is 18.9. The Hall–Kier alpha value is -9.24. The molecule has 2 heteroatoms. The van der Waals surface area contributed by atoms with Crippen LogP contribution in [0.25, 0.3) is 105 Å². The van der Waals surface area contributed by atoms with E-state index in [9.17, 15) is 0 Å². The number of benzene rings is 12. The highest BCUT2D eigenvalue weighted by molar-refractivity contribution is 6.10. The minimum Gasteiger partial charge on any atom is -0.311 e. The van der Waals surface area contributed by atoms with Gasteiger partial charge >= 0.3 is 0 Å². The van der Waals surface area contributed by atoms with Crippen molar-refractivity contribution in [3.8, 4) is 61.3 Å². The van der Waals surface area contributed by atoms with E-state index < -0.39 is 0 Å². The number of anilines is 3. The minimum atomic E-state index is 1.09. The van der Waals surface area contributed by atoms with Gasteiger partial charge in [-0.3, -0.25) is 0 Å². The Morgan fingerprint density at radius 3 is 1.19 bits per heavy atom. The molecule has 0 amide bonds. The van der Waals surface area contributed by atoms with Crippen LogP contribution in [0.4, 0.5) is 17.1 Å². The summed E-state index contributed by atoms with van der Waals surface area (Å²) in [5.74, 6) is 0. The zero-order valence-corrected chi connectivity index (χ0v) is 38.5. The SMILES string of the molecule is c1ccc(-n2c3ccccc3c3ccccc32)c(-c2ccc(-c3ccc(N(c4ccc(-c5ccc(-c6ccc7ccccc7c6)cc5)cc4)c4ccc(-c5cccc6ccccc56)cc4)cc3)cc2)c1. The maximum Gasteiger partial charge on any atom is 0.0541 e. The molecule has 0 N–H and O–H groups in total. The smallest absolute Gasteiger partial charge is 0.0541 e. The largest absolute Gasteiger partial charge is 0.311 e. The Kier molecular flexibility index (Phi) is 10.2. The molecule has 2 nitrogen and oxygen atoms in total. The van der Waals surface area contributed by atoms with E-state index in [1.807, 2.05) is 0 Å². The zero-order valence-electron chi connectivity index (χ0n) is 38.5. The molecule has 13 rings (SSSR count). The highest BCUT2D eigenvalue weighted by Crippen LogP contribution is 2.40. The minimum absolute atomic E-state index is 1.09. The molecule has 0 spiro atoms. The number of fused-ring (bicyclic) bond motifs is 5. The van der Waals surface area contributed by atoms with E-state index in [1.54, 1.807) is 0 Å². The van der Waals surface area contributed by atoms with Crippen molar-refractivity contribution in [1.82, 2.24) is 4.57 Å². The highest BCUT2D eigenvalue weighted by atomic mass is 15.1. The van der Waals surface area contributed by atoms with Crippen LogP contribution in [0.1, 0.15) is 0 Å². The highest BCUT2D eigenvalue weighted by Gasteiger charge is 2.17. The fraction of sp³-hybridized carbons (Fsp3) is 0. The second-order valence-electron chi connectivity index (χ2n) is 18.1. The van der Waals surface area contributed by atoms with Gasteiger partial charge in [0.05, 0.1) is 16.7 Å². The summed E-state index contributed by atoms with van der Waals surface area (Å²) < 4.78 is 2.41. The third kappa shape index (κ3) is 7.40. The van der Waals surface area contributed by atoms with Gasteiger partial charge in [-0.1, -0.05) is 218 Å². The first-order valence-corrected chi connectivity index (χ1v) is 24.1. The third-order valence-electron chi connectivity index (χ3n) is 14.0. The van der Waals surface area contributed by atoms with Gasteiger partial charge in [0, 0.05) is 33.4 Å². The molecule has 0 aliphatic rings. The van der Waals surface area contributed by atoms with Crippen LogP contribution in [0, 0.1) is 0 Å². The Morgan fingerprint density at radius 2 is 0.600 bits per heavy atom. The van der Waals surface area contributed by atoms with E-state index >= 15 is 0 Å². The maximum atomic E-state index is 2.41. The lowest BCUT2D eigenvalue weighted by Crippen LogP contribution is -2.09. The molecule has 0 aliphatic heterocycles. The fourth-order valence-corrected chi connectivity index (χ4v) is 10.5. The summed E-state index contributed by atoms with van der Waals surface area (Å²) in [6.45, 7) is 0. The molecule has 1 heterocycles. The first-order valence-electron chi connectivity index (χ1n) is 24.1. The predicted molar refractivity (Wildman–Crippen MR) is 298 cm³/mol. The van der Waals surface area contributed by atoms with Crippen molar-refractivity contribution >= 4 is 60.4 Å². The van der Waals surface area contributed by atoms with Crippen LogP contribution in [0.3, 0.4) is 0 Å². The molecule has 1 aromatic heterocycles. The molecular weight excluding hydrogens is 845 g/mol. The van der Waals surface area contributed by atoms with Crippen molar-refractivity contribution in [2.45, 2.75) is 0 Å². The summed E-state index contributed by atoms with van der Waals surface area (Å²) in [6, 6.07) is 102. The molecule has 0 aliphatic carbocycles. The Bertz CT molecular complexity index is 3950. The molecule has 70 heavy (non-hydrogen) atoms. The lowest BCUT2D eigenvalue weighted by Gasteiger charge is -2.26. The van der Waals surface area contributed by atoms with Crippen LogP contribution in [0.5, 0.6) is 0 Å². The number of hydrogen-bond acceptors (Lipinski definition) is 1. The van der Waals surface area contributed by atoms with Gasteiger partial charge in [-0.15, -0.1) is 0 Å². The quantitative estimate of drug-likeness (QED) is 0.140. The van der Waals surface area contributed by atoms with Crippen molar-refractivity contribution in [1.29, 1.82) is 0 Å². The zero-order chi connectivity index (χ0) is 46.4. The average molecular weight is 891 g/mol. The third-order valence-corrected chi connectivity index (χ3v) is 14.0. The van der Waals surface area contributed by atoms with Crippen molar-refractivity contribution in [2.75, 3.05) is 4.90 Å². The molecule has 0 atom stereocenters. The Labute approximate surface area is 408 Å². The first kappa shape index (κ1) is 41.0. The normalized spacial score (nSPS) is 11.4. The van der Waals surface area contributed by atoms with Gasteiger partial charge in [0.1, 0.15) is 0 Å². The molecule has 0 unspecified atom stereocenters. The van der Waals surface area contributed by atoms with Crippen LogP contribution in [0.15, 0.2) is 279 Å². The number of nitrogens with zero attached hydrogens (tertiary/aromatic N) is 2. The van der Waals surface area contributed by atoms with Gasteiger partial charge in [-0.2, -0.15) is 0 Å². The van der Waals surface area contributed by atoms with Crippen LogP contribution in [-0.2, 0) is 0 Å².